The molecule has 0 aromatic carbocycles. The highest BCUT2D eigenvalue weighted by Gasteiger charge is 2.21. The third-order valence-electron chi connectivity index (χ3n) is 1.82. The Bertz CT molecular complexity index is 280. The molecular weight excluding hydrogens is 220 g/mol. The van der Waals surface area contributed by atoms with Crippen molar-refractivity contribution in [1.29, 1.82) is 0 Å². The van der Waals surface area contributed by atoms with Gasteiger partial charge in [-0.25, -0.2) is 4.79 Å². The highest BCUT2D eigenvalue weighted by molar-refractivity contribution is 5.77. The van der Waals surface area contributed by atoms with E-state index in [1.807, 2.05) is 0 Å². The van der Waals surface area contributed by atoms with Gasteiger partial charge in [-0.05, 0) is 6.42 Å². The lowest BCUT2D eigenvalue weighted by Crippen LogP contribution is -2.43. The van der Waals surface area contributed by atoms with Gasteiger partial charge in [-0.15, -0.1) is 0 Å². The molecule has 16 heavy (non-hydrogen) atoms. The van der Waals surface area contributed by atoms with Gasteiger partial charge >= 0.3 is 11.9 Å². The Morgan fingerprint density at radius 2 is 1.75 bits per heavy atom. The number of amides is 1. The molecule has 8 heteroatoms. The van der Waals surface area contributed by atoms with Gasteiger partial charge in [0.25, 0.3) is 0 Å². The number of nitrogens with one attached hydrogen (secondary N) is 1. The number of rotatable bonds is 8. The third-order valence-corrected chi connectivity index (χ3v) is 1.82. The minimum absolute atomic E-state index is 0.0585. The number of carbonyl (C=O) groups is 3. The average molecular weight is 234 g/mol. The van der Waals surface area contributed by atoms with Gasteiger partial charge in [-0.1, -0.05) is 0 Å². The predicted molar refractivity (Wildman–Crippen MR) is 51.5 cm³/mol. The fourth-order valence-corrected chi connectivity index (χ4v) is 0.941. The van der Waals surface area contributed by atoms with E-state index in [4.69, 9.17) is 21.1 Å². The van der Waals surface area contributed by atoms with Crippen LogP contribution in [0.25, 0.3) is 0 Å². The second-order valence-electron chi connectivity index (χ2n) is 3.16. The van der Waals surface area contributed by atoms with E-state index in [0.717, 1.165) is 0 Å². The zero-order valence-electron chi connectivity index (χ0n) is 8.42. The molecule has 8 nitrogen and oxygen atoms in total. The quantitative estimate of drug-likeness (QED) is 0.318. The number of carbonyl (C=O) groups excluding carboxylic acids is 1. The zero-order chi connectivity index (χ0) is 12.7. The zero-order valence-corrected chi connectivity index (χ0v) is 8.42. The molecule has 1 amide bonds. The fourth-order valence-electron chi connectivity index (χ4n) is 0.941. The van der Waals surface area contributed by atoms with Gasteiger partial charge in [0, 0.05) is 13.0 Å². The first-order chi connectivity index (χ1) is 7.34. The lowest BCUT2D eigenvalue weighted by molar-refractivity contribution is -0.147. The molecule has 0 radical (unpaired) electrons. The molecule has 0 bridgehead atoms. The Morgan fingerprint density at radius 1 is 1.19 bits per heavy atom. The normalized spacial score (nSPS) is 14.1. The summed E-state index contributed by atoms with van der Waals surface area (Å²) in [6, 6.07) is -1.11. The smallest absolute Gasteiger partial charge is 0.333 e. The molecule has 2 atom stereocenters. The van der Waals surface area contributed by atoms with Crippen LogP contribution in [0.5, 0.6) is 0 Å². The van der Waals surface area contributed by atoms with E-state index < -0.39 is 36.5 Å². The second kappa shape index (κ2) is 6.75. The van der Waals surface area contributed by atoms with Gasteiger partial charge in [-0.3, -0.25) is 9.59 Å². The van der Waals surface area contributed by atoms with E-state index in [0.29, 0.717) is 0 Å². The number of hydrogen-bond acceptors (Lipinski definition) is 5. The Hall–Kier alpha value is -1.67. The largest absolute Gasteiger partial charge is 0.480 e. The van der Waals surface area contributed by atoms with Crippen molar-refractivity contribution in [3.05, 3.63) is 0 Å². The van der Waals surface area contributed by atoms with E-state index in [9.17, 15) is 14.4 Å². The van der Waals surface area contributed by atoms with Gasteiger partial charge in [0.15, 0.2) is 6.10 Å². The van der Waals surface area contributed by atoms with Crippen molar-refractivity contribution in [2.75, 3.05) is 6.54 Å². The van der Waals surface area contributed by atoms with Crippen LogP contribution in [-0.4, -0.2) is 51.9 Å². The van der Waals surface area contributed by atoms with Crippen molar-refractivity contribution < 1.29 is 29.7 Å². The number of aliphatic hydroxyl groups is 1. The Labute approximate surface area is 91.1 Å². The van der Waals surface area contributed by atoms with E-state index in [-0.39, 0.29) is 12.8 Å². The maximum Gasteiger partial charge on any atom is 0.333 e. The third kappa shape index (κ3) is 5.94. The number of aliphatic hydroxyl groups excluding tert-OH is 1. The van der Waals surface area contributed by atoms with Crippen LogP contribution in [0.2, 0.25) is 0 Å². The lowest BCUT2D eigenvalue weighted by atomic mass is 10.1. The number of carboxylic acids is 2. The highest BCUT2D eigenvalue weighted by atomic mass is 16.4. The first-order valence-corrected chi connectivity index (χ1v) is 4.50. The Morgan fingerprint density at radius 3 is 2.12 bits per heavy atom. The molecule has 0 aromatic rings. The summed E-state index contributed by atoms with van der Waals surface area (Å²) in [6.45, 7) is -0.412. The van der Waals surface area contributed by atoms with Crippen LogP contribution in [0.3, 0.4) is 0 Å². The molecule has 1 unspecified atom stereocenters. The van der Waals surface area contributed by atoms with Crippen molar-refractivity contribution in [2.24, 2.45) is 5.73 Å². The molecule has 0 saturated heterocycles. The van der Waals surface area contributed by atoms with Crippen LogP contribution in [0.15, 0.2) is 0 Å². The summed E-state index contributed by atoms with van der Waals surface area (Å²) in [4.78, 5) is 31.3. The maximum absolute atomic E-state index is 10.7. The van der Waals surface area contributed by atoms with Crippen molar-refractivity contribution in [3.63, 3.8) is 0 Å². The molecule has 92 valence electrons. The van der Waals surface area contributed by atoms with E-state index in [2.05, 4.69) is 5.32 Å². The SMILES string of the molecule is NC(=O)CC[C@H](NCC(O)C(=O)O)C(=O)O. The topological polar surface area (TPSA) is 150 Å². The molecule has 0 aromatic heterocycles. The van der Waals surface area contributed by atoms with Crippen molar-refractivity contribution in [3.8, 4) is 0 Å². The minimum atomic E-state index is -1.68. The van der Waals surface area contributed by atoms with Gasteiger partial charge in [0.1, 0.15) is 6.04 Å². The van der Waals surface area contributed by atoms with Crippen LogP contribution >= 0.6 is 0 Å². The minimum Gasteiger partial charge on any atom is -0.480 e. The second-order valence-corrected chi connectivity index (χ2v) is 3.16. The Balaban J connectivity index is 4.09. The molecule has 0 aliphatic carbocycles. The number of nitrogens with two attached hydrogens (primary N) is 1. The van der Waals surface area contributed by atoms with Crippen LogP contribution in [0.4, 0.5) is 0 Å². The highest BCUT2D eigenvalue weighted by Crippen LogP contribution is 1.97. The fraction of sp³-hybridized carbons (Fsp3) is 0.625. The van der Waals surface area contributed by atoms with Crippen molar-refractivity contribution in [1.82, 2.24) is 5.32 Å². The molecule has 0 rings (SSSR count). The Kier molecular flexibility index (Phi) is 6.04. The standard InChI is InChI=1S/C8H14N2O6/c9-6(12)2-1-4(7(13)14)10-3-5(11)8(15)16/h4-5,10-11H,1-3H2,(H2,9,12)(H,13,14)(H,15,16)/t4-,5?/m0/s1. The summed E-state index contributed by atoms with van der Waals surface area (Å²) < 4.78 is 0. The molecule has 0 spiro atoms. The summed E-state index contributed by atoms with van der Waals surface area (Å²) >= 11 is 0. The molecule has 0 heterocycles. The summed E-state index contributed by atoms with van der Waals surface area (Å²) in [5, 5.41) is 28.2. The van der Waals surface area contributed by atoms with Crippen LogP contribution < -0.4 is 11.1 Å². The van der Waals surface area contributed by atoms with Gasteiger partial charge < -0.3 is 26.4 Å². The van der Waals surface area contributed by atoms with Crippen LogP contribution in [0, 0.1) is 0 Å². The number of hydrogen-bond donors (Lipinski definition) is 5. The van der Waals surface area contributed by atoms with Crippen molar-refractivity contribution >= 4 is 17.8 Å². The van der Waals surface area contributed by atoms with E-state index in [1.165, 1.54) is 0 Å². The first kappa shape index (κ1) is 14.3. The summed E-state index contributed by atoms with van der Waals surface area (Å²) in [5.41, 5.74) is 4.84. The maximum atomic E-state index is 10.7. The van der Waals surface area contributed by atoms with E-state index in [1.54, 1.807) is 0 Å². The van der Waals surface area contributed by atoms with E-state index >= 15 is 0 Å². The molecule has 0 aliphatic rings. The molecule has 0 aliphatic heterocycles. The molecule has 0 saturated carbocycles. The molecule has 0 fully saturated rings. The van der Waals surface area contributed by atoms with Gasteiger partial charge in [-0.2, -0.15) is 0 Å². The number of aliphatic carboxylic acids is 2. The van der Waals surface area contributed by atoms with Gasteiger partial charge in [0.2, 0.25) is 5.91 Å². The van der Waals surface area contributed by atoms with Crippen LogP contribution in [0.1, 0.15) is 12.8 Å². The summed E-state index contributed by atoms with van der Waals surface area (Å²) in [5.74, 6) is -3.34. The first-order valence-electron chi connectivity index (χ1n) is 4.50. The van der Waals surface area contributed by atoms with Gasteiger partial charge in [0.05, 0.1) is 0 Å². The van der Waals surface area contributed by atoms with Crippen molar-refractivity contribution in [2.45, 2.75) is 25.0 Å². The summed E-state index contributed by atoms with van der Waals surface area (Å²) in [7, 11) is 0. The summed E-state index contributed by atoms with van der Waals surface area (Å²) in [6.07, 6.45) is -1.88. The number of carboxylic acid groups (broad SMARTS) is 2. The van der Waals surface area contributed by atoms with Crippen LogP contribution in [-0.2, 0) is 14.4 Å². The predicted octanol–water partition coefficient (Wildman–Crippen LogP) is -2.26. The average Bonchev–Trinajstić information content (AvgIpc) is 2.15. The molecular formula is C8H14N2O6. The number of primary amides is 1. The molecule has 6 N–H and O–H groups in total. The monoisotopic (exact) mass is 234 g/mol. The lowest BCUT2D eigenvalue weighted by Gasteiger charge is -2.14.